The zero-order valence-electron chi connectivity index (χ0n) is 9.54. The monoisotopic (exact) mass is 211 g/mol. The smallest absolute Gasteiger partial charge is 0.228 e. The minimum atomic E-state index is 0.262. The van der Waals surface area contributed by atoms with Crippen LogP contribution in [0, 0.1) is 5.92 Å². The van der Waals surface area contributed by atoms with E-state index in [0.29, 0.717) is 5.91 Å². The topological polar surface area (TPSA) is 35.6 Å². The van der Waals surface area contributed by atoms with E-state index in [4.69, 9.17) is 0 Å². The largest absolute Gasteiger partial charge is 0.341 e. The van der Waals surface area contributed by atoms with Gasteiger partial charge in [-0.2, -0.15) is 0 Å². The van der Waals surface area contributed by atoms with E-state index < -0.39 is 0 Å². The number of nitrogens with zero attached hydrogens (tertiary/aromatic N) is 2. The Bertz CT molecular complexity index is 228. The summed E-state index contributed by atoms with van der Waals surface area (Å²) in [6.07, 6.45) is 1.12. The third-order valence-corrected chi connectivity index (χ3v) is 3.48. The average molecular weight is 211 g/mol. The molecule has 2 saturated heterocycles. The van der Waals surface area contributed by atoms with E-state index >= 15 is 0 Å². The van der Waals surface area contributed by atoms with Gasteiger partial charge in [0.2, 0.25) is 5.91 Å². The highest BCUT2D eigenvalue weighted by Crippen LogP contribution is 2.11. The number of rotatable bonds is 2. The predicted molar refractivity (Wildman–Crippen MR) is 59.7 cm³/mol. The van der Waals surface area contributed by atoms with E-state index in [1.165, 1.54) is 0 Å². The van der Waals surface area contributed by atoms with Gasteiger partial charge in [0.05, 0.1) is 5.92 Å². The van der Waals surface area contributed by atoms with Gasteiger partial charge in [0.25, 0.3) is 0 Å². The zero-order chi connectivity index (χ0) is 10.7. The van der Waals surface area contributed by atoms with Crippen LogP contribution in [0.25, 0.3) is 0 Å². The lowest BCUT2D eigenvalue weighted by molar-refractivity contribution is -0.136. The Kier molecular flexibility index (Phi) is 3.59. The average Bonchev–Trinajstić information content (AvgIpc) is 2.39. The molecule has 4 heteroatoms. The summed E-state index contributed by atoms with van der Waals surface area (Å²) in [6.45, 7) is 9.11. The summed E-state index contributed by atoms with van der Waals surface area (Å²) >= 11 is 0. The number of carbonyl (C=O) groups is 1. The number of hydrogen-bond acceptors (Lipinski definition) is 3. The second kappa shape index (κ2) is 4.94. The highest BCUT2D eigenvalue weighted by Gasteiger charge is 2.29. The molecule has 15 heavy (non-hydrogen) atoms. The fourth-order valence-corrected chi connectivity index (χ4v) is 2.23. The zero-order valence-corrected chi connectivity index (χ0v) is 9.54. The quantitative estimate of drug-likeness (QED) is 0.685. The van der Waals surface area contributed by atoms with Gasteiger partial charge in [-0.3, -0.25) is 4.79 Å². The fourth-order valence-electron chi connectivity index (χ4n) is 2.23. The molecular formula is C11H21N3O. The molecular weight excluding hydrogens is 190 g/mol. The van der Waals surface area contributed by atoms with Crippen molar-refractivity contribution in [3.63, 3.8) is 0 Å². The first-order valence-corrected chi connectivity index (χ1v) is 6.03. The van der Waals surface area contributed by atoms with Crippen LogP contribution in [0.5, 0.6) is 0 Å². The van der Waals surface area contributed by atoms with E-state index in [2.05, 4.69) is 22.0 Å². The number of hydrogen-bond donors (Lipinski definition) is 1. The molecule has 2 fully saturated rings. The normalized spacial score (nSPS) is 24.7. The van der Waals surface area contributed by atoms with Crippen LogP contribution in [0.4, 0.5) is 0 Å². The van der Waals surface area contributed by atoms with Crippen molar-refractivity contribution in [2.75, 3.05) is 45.8 Å². The van der Waals surface area contributed by atoms with Gasteiger partial charge in [-0.15, -0.1) is 0 Å². The summed E-state index contributed by atoms with van der Waals surface area (Å²) < 4.78 is 0. The Balaban J connectivity index is 1.84. The molecule has 0 aromatic rings. The van der Waals surface area contributed by atoms with Gasteiger partial charge in [-0.1, -0.05) is 6.92 Å². The molecule has 0 aliphatic carbocycles. The molecule has 0 bridgehead atoms. The molecule has 2 aliphatic heterocycles. The number of amides is 1. The van der Waals surface area contributed by atoms with Crippen molar-refractivity contribution in [2.24, 2.45) is 5.92 Å². The molecule has 0 atom stereocenters. The Morgan fingerprint density at radius 2 is 2.07 bits per heavy atom. The van der Waals surface area contributed by atoms with E-state index in [9.17, 15) is 4.79 Å². The molecule has 86 valence electrons. The van der Waals surface area contributed by atoms with Gasteiger partial charge in [0, 0.05) is 32.7 Å². The summed E-state index contributed by atoms with van der Waals surface area (Å²) in [6, 6.07) is 0. The second-order valence-corrected chi connectivity index (χ2v) is 4.47. The Hall–Kier alpha value is -0.610. The van der Waals surface area contributed by atoms with Gasteiger partial charge < -0.3 is 15.1 Å². The summed E-state index contributed by atoms with van der Waals surface area (Å²) in [5.74, 6) is 0.630. The lowest BCUT2D eigenvalue weighted by Crippen LogP contribution is -2.52. The Morgan fingerprint density at radius 3 is 2.67 bits per heavy atom. The predicted octanol–water partition coefficient (Wildman–Crippen LogP) is -0.240. The maximum atomic E-state index is 12.0. The highest BCUT2D eigenvalue weighted by atomic mass is 16.2. The summed E-state index contributed by atoms with van der Waals surface area (Å²) in [5.41, 5.74) is 0. The second-order valence-electron chi connectivity index (χ2n) is 4.47. The minimum Gasteiger partial charge on any atom is -0.341 e. The molecule has 1 N–H and O–H groups in total. The number of nitrogens with one attached hydrogen (secondary N) is 1. The molecule has 0 radical (unpaired) electrons. The van der Waals surface area contributed by atoms with Crippen molar-refractivity contribution in [1.29, 1.82) is 0 Å². The lowest BCUT2D eigenvalue weighted by Gasteiger charge is -2.31. The van der Waals surface area contributed by atoms with Gasteiger partial charge in [-0.05, 0) is 19.5 Å². The van der Waals surface area contributed by atoms with E-state index in [1.807, 2.05) is 0 Å². The molecule has 2 rings (SSSR count). The SMILES string of the molecule is CCN1CCCN(C(=O)C2CNC2)CC1. The molecule has 0 aromatic carbocycles. The first kappa shape index (κ1) is 10.9. The van der Waals surface area contributed by atoms with Gasteiger partial charge in [-0.25, -0.2) is 0 Å². The van der Waals surface area contributed by atoms with Gasteiger partial charge in [0.15, 0.2) is 0 Å². The first-order chi connectivity index (χ1) is 7.31. The van der Waals surface area contributed by atoms with Crippen LogP contribution >= 0.6 is 0 Å². The van der Waals surface area contributed by atoms with Crippen molar-refractivity contribution in [2.45, 2.75) is 13.3 Å². The molecule has 4 nitrogen and oxygen atoms in total. The van der Waals surface area contributed by atoms with Crippen LogP contribution in [0.2, 0.25) is 0 Å². The van der Waals surface area contributed by atoms with Crippen LogP contribution in [-0.4, -0.2) is 61.5 Å². The van der Waals surface area contributed by atoms with Crippen molar-refractivity contribution in [1.82, 2.24) is 15.1 Å². The Morgan fingerprint density at radius 1 is 1.27 bits per heavy atom. The Labute approximate surface area is 91.6 Å². The van der Waals surface area contributed by atoms with Crippen LogP contribution in [0.15, 0.2) is 0 Å². The highest BCUT2D eigenvalue weighted by molar-refractivity contribution is 5.80. The van der Waals surface area contributed by atoms with Crippen LogP contribution in [-0.2, 0) is 4.79 Å². The molecule has 0 unspecified atom stereocenters. The fraction of sp³-hybridized carbons (Fsp3) is 0.909. The molecule has 0 spiro atoms. The lowest BCUT2D eigenvalue weighted by atomic mass is 10.0. The first-order valence-electron chi connectivity index (χ1n) is 6.03. The van der Waals surface area contributed by atoms with E-state index in [1.54, 1.807) is 0 Å². The molecule has 2 heterocycles. The summed E-state index contributed by atoms with van der Waals surface area (Å²) in [7, 11) is 0. The molecule has 0 saturated carbocycles. The summed E-state index contributed by atoms with van der Waals surface area (Å²) in [4.78, 5) is 16.5. The maximum Gasteiger partial charge on any atom is 0.228 e. The van der Waals surface area contributed by atoms with Crippen molar-refractivity contribution < 1.29 is 4.79 Å². The van der Waals surface area contributed by atoms with Crippen molar-refractivity contribution in [3.05, 3.63) is 0 Å². The number of likely N-dealkylation sites (N-methyl/N-ethyl adjacent to an activating group) is 1. The van der Waals surface area contributed by atoms with Crippen molar-refractivity contribution >= 4 is 5.91 Å². The van der Waals surface area contributed by atoms with E-state index in [-0.39, 0.29) is 5.92 Å². The third kappa shape index (κ3) is 2.49. The number of carbonyl (C=O) groups excluding carboxylic acids is 1. The van der Waals surface area contributed by atoms with Crippen LogP contribution in [0.1, 0.15) is 13.3 Å². The van der Waals surface area contributed by atoms with Gasteiger partial charge >= 0.3 is 0 Å². The molecule has 0 aromatic heterocycles. The van der Waals surface area contributed by atoms with Crippen LogP contribution < -0.4 is 5.32 Å². The minimum absolute atomic E-state index is 0.262. The summed E-state index contributed by atoms with van der Waals surface area (Å²) in [5, 5.41) is 3.16. The van der Waals surface area contributed by atoms with Gasteiger partial charge in [0.1, 0.15) is 0 Å². The molecule has 1 amide bonds. The van der Waals surface area contributed by atoms with E-state index in [0.717, 1.165) is 52.2 Å². The standard InChI is InChI=1S/C11H21N3O/c1-2-13-4-3-5-14(7-6-13)11(15)10-8-12-9-10/h10,12H,2-9H2,1H3. The third-order valence-electron chi connectivity index (χ3n) is 3.48. The van der Waals surface area contributed by atoms with Crippen molar-refractivity contribution in [3.8, 4) is 0 Å². The van der Waals surface area contributed by atoms with Crippen LogP contribution in [0.3, 0.4) is 0 Å². The maximum absolute atomic E-state index is 12.0. The molecule has 2 aliphatic rings.